The first-order valence-electron chi connectivity index (χ1n) is 8.79. The summed E-state index contributed by atoms with van der Waals surface area (Å²) in [4.78, 5) is 24.4. The number of carbonyl (C=O) groups excluding carboxylic acids is 2. The normalized spacial score (nSPS) is 10.7. The third-order valence-electron chi connectivity index (χ3n) is 3.48. The molecule has 1 N–H and O–H groups in total. The average Bonchev–Trinajstić information content (AvgIpc) is 2.72. The van der Waals surface area contributed by atoms with E-state index in [0.717, 1.165) is 4.90 Å². The molecule has 0 fully saturated rings. The molecule has 0 bridgehead atoms. The summed E-state index contributed by atoms with van der Waals surface area (Å²) in [5, 5.41) is 4.61. The summed E-state index contributed by atoms with van der Waals surface area (Å²) in [6.07, 6.45) is 1.48. The van der Waals surface area contributed by atoms with Crippen LogP contribution in [0.25, 0.3) is 0 Å². The molecular weight excluding hydrogens is 496 g/mol. The number of esters is 1. The summed E-state index contributed by atoms with van der Waals surface area (Å²) in [7, 11) is 1.48. The van der Waals surface area contributed by atoms with E-state index in [-0.39, 0.29) is 24.9 Å². The molecule has 2 aromatic rings. The number of benzene rings is 2. The molecule has 0 saturated heterocycles. The minimum absolute atomic E-state index is 0.215. The van der Waals surface area contributed by atoms with Crippen LogP contribution in [0.5, 0.6) is 11.5 Å². The third kappa shape index (κ3) is 7.89. The van der Waals surface area contributed by atoms with Crippen LogP contribution in [-0.4, -0.2) is 44.2 Å². The van der Waals surface area contributed by atoms with Gasteiger partial charge in [0.1, 0.15) is 0 Å². The Kier molecular flexibility index (Phi) is 9.99. The van der Waals surface area contributed by atoms with Crippen LogP contribution in [0.2, 0.25) is 5.02 Å². The number of rotatable bonds is 10. The molecule has 160 valence electrons. The van der Waals surface area contributed by atoms with E-state index >= 15 is 0 Å². The van der Waals surface area contributed by atoms with Crippen LogP contribution in [0.1, 0.15) is 12.5 Å². The summed E-state index contributed by atoms with van der Waals surface area (Å²) in [5.41, 5.74) is 3.13. The second kappa shape index (κ2) is 12.5. The van der Waals surface area contributed by atoms with Crippen LogP contribution in [0.4, 0.5) is 0 Å². The first-order valence-corrected chi connectivity index (χ1v) is 10.9. The first-order chi connectivity index (χ1) is 14.4. The van der Waals surface area contributed by atoms with Crippen LogP contribution in [0.3, 0.4) is 0 Å². The number of hydrogen-bond donors (Lipinski definition) is 1. The summed E-state index contributed by atoms with van der Waals surface area (Å²) in [6, 6.07) is 10.6. The zero-order chi connectivity index (χ0) is 21.9. The van der Waals surface area contributed by atoms with Gasteiger partial charge in [-0.15, -0.1) is 11.8 Å². The van der Waals surface area contributed by atoms with Crippen molar-refractivity contribution < 1.29 is 23.8 Å². The number of hydrogen-bond acceptors (Lipinski definition) is 7. The maximum atomic E-state index is 12.0. The van der Waals surface area contributed by atoms with Gasteiger partial charge in [0.25, 0.3) is 0 Å². The highest BCUT2D eigenvalue weighted by Crippen LogP contribution is 2.36. The van der Waals surface area contributed by atoms with Crippen molar-refractivity contribution in [3.05, 3.63) is 51.5 Å². The lowest BCUT2D eigenvalue weighted by atomic mass is 10.2. The van der Waals surface area contributed by atoms with Gasteiger partial charge in [0, 0.05) is 9.92 Å². The molecule has 7 nitrogen and oxygen atoms in total. The number of nitrogens with one attached hydrogen (secondary N) is 1. The van der Waals surface area contributed by atoms with Crippen molar-refractivity contribution in [2.24, 2.45) is 5.10 Å². The second-order valence-corrected chi connectivity index (χ2v) is 8.00. The highest BCUT2D eigenvalue weighted by Gasteiger charge is 2.13. The lowest BCUT2D eigenvalue weighted by molar-refractivity contribution is -0.145. The molecule has 0 aromatic heterocycles. The summed E-state index contributed by atoms with van der Waals surface area (Å²) >= 11 is 10.6. The van der Waals surface area contributed by atoms with Crippen LogP contribution in [0.15, 0.2) is 50.9 Å². The number of hydrazone groups is 1. The van der Waals surface area contributed by atoms with E-state index in [0.29, 0.717) is 26.6 Å². The number of halogens is 2. The zero-order valence-electron chi connectivity index (χ0n) is 16.3. The van der Waals surface area contributed by atoms with Crippen LogP contribution >= 0.6 is 39.3 Å². The van der Waals surface area contributed by atoms with Crippen molar-refractivity contribution in [3.8, 4) is 11.5 Å². The van der Waals surface area contributed by atoms with Gasteiger partial charge in [-0.1, -0.05) is 11.6 Å². The Morgan fingerprint density at radius 2 is 2.00 bits per heavy atom. The van der Waals surface area contributed by atoms with Crippen molar-refractivity contribution in [1.82, 2.24) is 5.43 Å². The largest absolute Gasteiger partial charge is 0.493 e. The molecule has 0 aliphatic carbocycles. The lowest BCUT2D eigenvalue weighted by Crippen LogP contribution is -2.19. The van der Waals surface area contributed by atoms with Gasteiger partial charge < -0.3 is 14.2 Å². The van der Waals surface area contributed by atoms with E-state index < -0.39 is 5.97 Å². The minimum Gasteiger partial charge on any atom is -0.493 e. The van der Waals surface area contributed by atoms with E-state index in [9.17, 15) is 9.59 Å². The molecule has 0 aliphatic heterocycles. The third-order valence-corrected chi connectivity index (χ3v) is 5.33. The molecular formula is C20H20BrClN2O5S. The molecule has 0 unspecified atom stereocenters. The van der Waals surface area contributed by atoms with Gasteiger partial charge in [-0.05, 0) is 64.8 Å². The molecule has 2 rings (SSSR count). The SMILES string of the molecule is CCOC(=O)COc1c(Br)cc(/C=N\NC(=O)CSc2ccc(Cl)cc2)cc1OC. The van der Waals surface area contributed by atoms with E-state index in [4.69, 9.17) is 25.8 Å². The molecule has 0 spiro atoms. The average molecular weight is 516 g/mol. The van der Waals surface area contributed by atoms with Crippen LogP contribution < -0.4 is 14.9 Å². The Labute approximate surface area is 192 Å². The summed E-state index contributed by atoms with van der Waals surface area (Å²) in [5.74, 6) is 0.265. The van der Waals surface area contributed by atoms with Gasteiger partial charge in [0.2, 0.25) is 5.91 Å². The molecule has 2 aromatic carbocycles. The summed E-state index contributed by atoms with van der Waals surface area (Å²) < 4.78 is 16.2. The standard InChI is InChI=1S/C20H20BrClN2O5S/c1-3-28-19(26)11-29-20-16(21)8-13(9-17(20)27-2)10-23-24-18(25)12-30-15-6-4-14(22)5-7-15/h4-10H,3,11-12H2,1-2H3,(H,24,25)/b23-10-. The van der Waals surface area contributed by atoms with Gasteiger partial charge in [-0.25, -0.2) is 10.2 Å². The maximum Gasteiger partial charge on any atom is 0.344 e. The van der Waals surface area contributed by atoms with Crippen molar-refractivity contribution in [1.29, 1.82) is 0 Å². The fraction of sp³-hybridized carbons (Fsp3) is 0.250. The second-order valence-electron chi connectivity index (χ2n) is 5.66. The molecule has 10 heteroatoms. The number of amides is 1. The molecule has 0 atom stereocenters. The van der Waals surface area contributed by atoms with Gasteiger partial charge in [0.05, 0.1) is 30.2 Å². The topological polar surface area (TPSA) is 86.2 Å². The number of thioether (sulfide) groups is 1. The Morgan fingerprint density at radius 1 is 1.27 bits per heavy atom. The quantitative estimate of drug-likeness (QED) is 0.220. The van der Waals surface area contributed by atoms with E-state index in [1.165, 1.54) is 25.1 Å². The van der Waals surface area contributed by atoms with Crippen LogP contribution in [0, 0.1) is 0 Å². The molecule has 1 amide bonds. The molecule has 0 heterocycles. The Bertz CT molecular complexity index is 909. The molecule has 0 radical (unpaired) electrons. The Morgan fingerprint density at radius 3 is 2.67 bits per heavy atom. The predicted molar refractivity (Wildman–Crippen MR) is 121 cm³/mol. The zero-order valence-corrected chi connectivity index (χ0v) is 19.5. The predicted octanol–water partition coefficient (Wildman–Crippen LogP) is 4.30. The Balaban J connectivity index is 1.92. The van der Waals surface area contributed by atoms with Crippen LogP contribution in [-0.2, 0) is 14.3 Å². The number of ether oxygens (including phenoxy) is 3. The fourth-order valence-corrected chi connectivity index (χ4v) is 3.57. The Hall–Kier alpha value is -2.23. The van der Waals surface area contributed by atoms with Crippen molar-refractivity contribution in [3.63, 3.8) is 0 Å². The van der Waals surface area contributed by atoms with Gasteiger partial charge >= 0.3 is 5.97 Å². The highest BCUT2D eigenvalue weighted by molar-refractivity contribution is 9.10. The van der Waals surface area contributed by atoms with Crippen molar-refractivity contribution in [2.75, 3.05) is 26.1 Å². The monoisotopic (exact) mass is 514 g/mol. The smallest absolute Gasteiger partial charge is 0.344 e. The number of methoxy groups -OCH3 is 1. The maximum absolute atomic E-state index is 12.0. The first kappa shape index (κ1) is 24.0. The van der Waals surface area contributed by atoms with Gasteiger partial charge in [0.15, 0.2) is 18.1 Å². The number of carbonyl (C=O) groups is 2. The van der Waals surface area contributed by atoms with E-state index in [2.05, 4.69) is 26.5 Å². The molecule has 30 heavy (non-hydrogen) atoms. The lowest BCUT2D eigenvalue weighted by Gasteiger charge is -2.13. The van der Waals surface area contributed by atoms with E-state index in [1.807, 2.05) is 12.1 Å². The number of nitrogens with zero attached hydrogens (tertiary/aromatic N) is 1. The van der Waals surface area contributed by atoms with Crippen molar-refractivity contribution in [2.45, 2.75) is 11.8 Å². The van der Waals surface area contributed by atoms with Gasteiger partial charge in [-0.2, -0.15) is 5.10 Å². The molecule has 0 saturated carbocycles. The highest BCUT2D eigenvalue weighted by atomic mass is 79.9. The molecule has 0 aliphatic rings. The fourth-order valence-electron chi connectivity index (χ4n) is 2.18. The van der Waals surface area contributed by atoms with Gasteiger partial charge in [-0.3, -0.25) is 4.79 Å². The minimum atomic E-state index is -0.476. The summed E-state index contributed by atoms with van der Waals surface area (Å²) in [6.45, 7) is 1.76. The van der Waals surface area contributed by atoms with E-state index in [1.54, 1.807) is 31.2 Å². The van der Waals surface area contributed by atoms with Crippen molar-refractivity contribution >= 4 is 57.4 Å².